The first-order valence-electron chi connectivity index (χ1n) is 9.98. The average molecular weight is 370 g/mol. The molecule has 0 saturated carbocycles. The van der Waals surface area contributed by atoms with Gasteiger partial charge in [0.2, 0.25) is 5.89 Å². The second-order valence-corrected chi connectivity index (χ2v) is 7.94. The molecule has 1 aromatic heterocycles. The first-order chi connectivity index (χ1) is 13.0. The molecule has 0 bridgehead atoms. The number of carbonyl (C=O) groups excluding carboxylic acids is 1. The molecule has 5 heteroatoms. The summed E-state index contributed by atoms with van der Waals surface area (Å²) in [6.45, 7) is 11.9. The summed E-state index contributed by atoms with van der Waals surface area (Å²) in [6, 6.07) is 8.84. The second-order valence-electron chi connectivity index (χ2n) is 7.94. The lowest BCUT2D eigenvalue weighted by atomic mass is 10.0. The molecule has 0 radical (unpaired) electrons. The van der Waals surface area contributed by atoms with Gasteiger partial charge < -0.3 is 9.32 Å². The summed E-state index contributed by atoms with van der Waals surface area (Å²) < 4.78 is 5.67. The van der Waals surface area contributed by atoms with Gasteiger partial charge in [-0.25, -0.2) is 4.98 Å². The zero-order valence-corrected chi connectivity index (χ0v) is 16.9. The number of likely N-dealkylation sites (tertiary alicyclic amines) is 1. The standard InChI is InChI=1S/C22H31N3O2/c1-16(2)18(4)25(13-19-10-6-5-9-17(19)3)14-21-23-20(15-27-21)22(26)24-11-7-8-12-24/h5-6,9-10,15-16,18H,7-8,11-14H2,1-4H3. The van der Waals surface area contributed by atoms with Gasteiger partial charge in [0.25, 0.3) is 5.91 Å². The Morgan fingerprint density at radius 2 is 1.89 bits per heavy atom. The number of benzene rings is 1. The van der Waals surface area contributed by atoms with Crippen LogP contribution in [0.25, 0.3) is 0 Å². The highest BCUT2D eigenvalue weighted by atomic mass is 16.3. The smallest absolute Gasteiger partial charge is 0.275 e. The van der Waals surface area contributed by atoms with Crippen molar-refractivity contribution in [3.63, 3.8) is 0 Å². The zero-order valence-electron chi connectivity index (χ0n) is 16.9. The average Bonchev–Trinajstić information content (AvgIpc) is 3.33. The highest BCUT2D eigenvalue weighted by molar-refractivity contribution is 5.92. The van der Waals surface area contributed by atoms with Crippen molar-refractivity contribution in [2.75, 3.05) is 13.1 Å². The van der Waals surface area contributed by atoms with Gasteiger partial charge in [-0.15, -0.1) is 0 Å². The van der Waals surface area contributed by atoms with Crippen molar-refractivity contribution >= 4 is 5.91 Å². The van der Waals surface area contributed by atoms with Crippen LogP contribution in [0, 0.1) is 12.8 Å². The van der Waals surface area contributed by atoms with Gasteiger partial charge in [-0.3, -0.25) is 9.69 Å². The normalized spacial score (nSPS) is 15.7. The van der Waals surface area contributed by atoms with Crippen molar-refractivity contribution in [1.29, 1.82) is 0 Å². The van der Waals surface area contributed by atoms with E-state index >= 15 is 0 Å². The molecule has 3 rings (SSSR count). The van der Waals surface area contributed by atoms with E-state index in [1.54, 1.807) is 0 Å². The molecule has 146 valence electrons. The number of hydrogen-bond donors (Lipinski definition) is 0. The summed E-state index contributed by atoms with van der Waals surface area (Å²) in [5, 5.41) is 0. The summed E-state index contributed by atoms with van der Waals surface area (Å²) in [5.74, 6) is 1.11. The van der Waals surface area contributed by atoms with Gasteiger partial charge in [0, 0.05) is 25.7 Å². The zero-order chi connectivity index (χ0) is 19.4. The molecule has 2 heterocycles. The van der Waals surface area contributed by atoms with Crippen LogP contribution in [-0.4, -0.2) is 39.8 Å². The van der Waals surface area contributed by atoms with E-state index in [1.807, 2.05) is 4.90 Å². The van der Waals surface area contributed by atoms with Gasteiger partial charge in [-0.2, -0.15) is 0 Å². The summed E-state index contributed by atoms with van der Waals surface area (Å²) in [5.41, 5.74) is 3.03. The van der Waals surface area contributed by atoms with E-state index in [1.165, 1.54) is 17.4 Å². The predicted octanol–water partition coefficient (Wildman–Crippen LogP) is 4.27. The summed E-state index contributed by atoms with van der Waals surface area (Å²) in [6.07, 6.45) is 3.67. The summed E-state index contributed by atoms with van der Waals surface area (Å²) in [7, 11) is 0. The van der Waals surface area contributed by atoms with E-state index in [-0.39, 0.29) is 5.91 Å². The third kappa shape index (κ3) is 4.78. The van der Waals surface area contributed by atoms with Crippen molar-refractivity contribution in [1.82, 2.24) is 14.8 Å². The Hall–Kier alpha value is -2.14. The third-order valence-corrected chi connectivity index (χ3v) is 5.68. The molecule has 1 unspecified atom stereocenters. The largest absolute Gasteiger partial charge is 0.447 e. The van der Waals surface area contributed by atoms with Crippen molar-refractivity contribution in [2.45, 2.75) is 59.7 Å². The highest BCUT2D eigenvalue weighted by Gasteiger charge is 2.24. The van der Waals surface area contributed by atoms with Crippen LogP contribution in [0.4, 0.5) is 0 Å². The minimum absolute atomic E-state index is 0.00939. The molecule has 1 aliphatic rings. The third-order valence-electron chi connectivity index (χ3n) is 5.68. The molecular weight excluding hydrogens is 338 g/mol. The lowest BCUT2D eigenvalue weighted by Crippen LogP contribution is -2.36. The van der Waals surface area contributed by atoms with Crippen LogP contribution in [0.1, 0.15) is 61.1 Å². The molecule has 27 heavy (non-hydrogen) atoms. The minimum Gasteiger partial charge on any atom is -0.447 e. The number of amides is 1. The van der Waals surface area contributed by atoms with Crippen LogP contribution in [0.15, 0.2) is 34.9 Å². The Balaban J connectivity index is 1.74. The molecule has 1 fully saturated rings. The van der Waals surface area contributed by atoms with Crippen molar-refractivity contribution in [3.05, 3.63) is 53.2 Å². The fraction of sp³-hybridized carbons (Fsp3) is 0.545. The van der Waals surface area contributed by atoms with Gasteiger partial charge in [0.05, 0.1) is 6.54 Å². The van der Waals surface area contributed by atoms with Gasteiger partial charge in [0.1, 0.15) is 6.26 Å². The van der Waals surface area contributed by atoms with Crippen molar-refractivity contribution in [2.24, 2.45) is 5.92 Å². The number of nitrogens with zero attached hydrogens (tertiary/aromatic N) is 3. The monoisotopic (exact) mass is 369 g/mol. The molecule has 1 amide bonds. The Morgan fingerprint density at radius 1 is 1.19 bits per heavy atom. The number of aromatic nitrogens is 1. The molecule has 0 N–H and O–H groups in total. The van der Waals surface area contributed by atoms with Gasteiger partial charge in [-0.1, -0.05) is 38.1 Å². The summed E-state index contributed by atoms with van der Waals surface area (Å²) in [4.78, 5) is 21.3. The molecule has 2 aromatic rings. The van der Waals surface area contributed by atoms with Gasteiger partial charge >= 0.3 is 0 Å². The van der Waals surface area contributed by atoms with E-state index < -0.39 is 0 Å². The molecule has 5 nitrogen and oxygen atoms in total. The number of aryl methyl sites for hydroxylation is 1. The summed E-state index contributed by atoms with van der Waals surface area (Å²) >= 11 is 0. The fourth-order valence-electron chi connectivity index (χ4n) is 3.51. The van der Waals surface area contributed by atoms with Gasteiger partial charge in [-0.05, 0) is 43.7 Å². The molecule has 1 atom stereocenters. The topological polar surface area (TPSA) is 49.6 Å². The molecule has 1 aliphatic heterocycles. The van der Waals surface area contributed by atoms with E-state index in [0.717, 1.165) is 32.5 Å². The minimum atomic E-state index is -0.00939. The van der Waals surface area contributed by atoms with Crippen LogP contribution >= 0.6 is 0 Å². The van der Waals surface area contributed by atoms with E-state index in [4.69, 9.17) is 4.42 Å². The van der Waals surface area contributed by atoms with E-state index in [9.17, 15) is 4.79 Å². The maximum Gasteiger partial charge on any atom is 0.275 e. The lowest BCUT2D eigenvalue weighted by molar-refractivity contribution is 0.0786. The number of hydrogen-bond acceptors (Lipinski definition) is 4. The molecule has 1 saturated heterocycles. The van der Waals surface area contributed by atoms with Crippen LogP contribution in [0.3, 0.4) is 0 Å². The number of oxazole rings is 1. The molecule has 1 aromatic carbocycles. The molecular formula is C22H31N3O2. The number of carbonyl (C=O) groups is 1. The Bertz CT molecular complexity index is 762. The van der Waals surface area contributed by atoms with Crippen molar-refractivity contribution in [3.8, 4) is 0 Å². The van der Waals surface area contributed by atoms with Crippen molar-refractivity contribution < 1.29 is 9.21 Å². The van der Waals surface area contributed by atoms with E-state index in [2.05, 4.69) is 61.8 Å². The van der Waals surface area contributed by atoms with Crippen LogP contribution in [-0.2, 0) is 13.1 Å². The second kappa shape index (κ2) is 8.70. The first kappa shape index (κ1) is 19.6. The predicted molar refractivity (Wildman–Crippen MR) is 106 cm³/mol. The van der Waals surface area contributed by atoms with Crippen LogP contribution in [0.2, 0.25) is 0 Å². The highest BCUT2D eigenvalue weighted by Crippen LogP contribution is 2.20. The van der Waals surface area contributed by atoms with E-state index in [0.29, 0.717) is 30.1 Å². The molecule has 0 spiro atoms. The Morgan fingerprint density at radius 3 is 2.56 bits per heavy atom. The fourth-order valence-corrected chi connectivity index (χ4v) is 3.51. The quantitative estimate of drug-likeness (QED) is 0.731. The Kier molecular flexibility index (Phi) is 6.32. The number of rotatable bonds is 7. The van der Waals surface area contributed by atoms with Crippen LogP contribution in [0.5, 0.6) is 0 Å². The maximum atomic E-state index is 12.5. The Labute approximate surface area is 162 Å². The maximum absolute atomic E-state index is 12.5. The van der Waals surface area contributed by atoms with Gasteiger partial charge in [0.15, 0.2) is 5.69 Å². The lowest BCUT2D eigenvalue weighted by Gasteiger charge is -2.31. The SMILES string of the molecule is Cc1ccccc1CN(Cc1nc(C(=O)N2CCCC2)co1)C(C)C(C)C. The molecule has 0 aliphatic carbocycles. The van der Waals surface area contributed by atoms with Crippen LogP contribution < -0.4 is 0 Å². The first-order valence-corrected chi connectivity index (χ1v) is 9.98.